The van der Waals surface area contributed by atoms with Gasteiger partial charge in [-0.2, -0.15) is 0 Å². The van der Waals surface area contributed by atoms with Crippen LogP contribution in [0.1, 0.15) is 0 Å². The van der Waals surface area contributed by atoms with Gasteiger partial charge in [0, 0.05) is 12.1 Å². The van der Waals surface area contributed by atoms with Gasteiger partial charge >= 0.3 is 0 Å². The highest BCUT2D eigenvalue weighted by molar-refractivity contribution is 7.92. The summed E-state index contributed by atoms with van der Waals surface area (Å²) >= 11 is 0. The van der Waals surface area contributed by atoms with E-state index in [1.807, 2.05) is 0 Å². The summed E-state index contributed by atoms with van der Waals surface area (Å²) in [5, 5.41) is 0. The van der Waals surface area contributed by atoms with Crippen molar-refractivity contribution in [1.29, 1.82) is 0 Å². The molecule has 3 N–H and O–H groups in total. The lowest BCUT2D eigenvalue weighted by Gasteiger charge is -2.14. The van der Waals surface area contributed by atoms with Gasteiger partial charge in [0.1, 0.15) is 0 Å². The largest absolute Gasteiger partial charge is 0.493 e. The lowest BCUT2D eigenvalue weighted by molar-refractivity contribution is 0.355. The van der Waals surface area contributed by atoms with E-state index in [-0.39, 0.29) is 16.3 Å². The Morgan fingerprint density at radius 1 is 1.00 bits per heavy atom. The highest BCUT2D eigenvalue weighted by atomic mass is 32.2. The minimum atomic E-state index is -3.71. The molecule has 7 heteroatoms. The summed E-state index contributed by atoms with van der Waals surface area (Å²) in [4.78, 5) is 0.152. The standard InChI is InChI=1S/C14H16N2O4S/c1-19-13-8-11(15)12(9-14(13)20-2)16-21(17,18)10-6-4-3-5-7-10/h3-9,16H,15H2,1-2H3. The van der Waals surface area contributed by atoms with Gasteiger partial charge in [0.05, 0.1) is 30.5 Å². The minimum absolute atomic E-state index is 0.152. The molecule has 2 aromatic rings. The molecular weight excluding hydrogens is 292 g/mol. The fraction of sp³-hybridized carbons (Fsp3) is 0.143. The number of ether oxygens (including phenoxy) is 2. The SMILES string of the molecule is COc1cc(N)c(NS(=O)(=O)c2ccccc2)cc1OC. The fourth-order valence-electron chi connectivity index (χ4n) is 1.79. The Labute approximate surface area is 123 Å². The van der Waals surface area contributed by atoms with Crippen molar-refractivity contribution in [3.63, 3.8) is 0 Å². The number of methoxy groups -OCH3 is 2. The first-order valence-electron chi connectivity index (χ1n) is 6.07. The first kappa shape index (κ1) is 15.0. The number of benzene rings is 2. The summed E-state index contributed by atoms with van der Waals surface area (Å²) in [6, 6.07) is 11.0. The van der Waals surface area contributed by atoms with Crippen molar-refractivity contribution < 1.29 is 17.9 Å². The summed E-state index contributed by atoms with van der Waals surface area (Å²) in [6.45, 7) is 0. The van der Waals surface area contributed by atoms with Crippen LogP contribution in [0, 0.1) is 0 Å². The first-order valence-corrected chi connectivity index (χ1v) is 7.55. The summed E-state index contributed by atoms with van der Waals surface area (Å²) < 4.78 is 37.2. The number of hydrogen-bond donors (Lipinski definition) is 2. The van der Waals surface area contributed by atoms with Gasteiger partial charge in [-0.25, -0.2) is 8.42 Å². The normalized spacial score (nSPS) is 11.0. The molecule has 0 saturated carbocycles. The molecule has 0 bridgehead atoms. The second-order valence-corrected chi connectivity index (χ2v) is 5.90. The van der Waals surface area contributed by atoms with Crippen LogP contribution in [-0.4, -0.2) is 22.6 Å². The van der Waals surface area contributed by atoms with Crippen LogP contribution < -0.4 is 19.9 Å². The smallest absolute Gasteiger partial charge is 0.261 e. The topological polar surface area (TPSA) is 90.6 Å². The molecule has 0 atom stereocenters. The molecule has 0 aliphatic carbocycles. The van der Waals surface area contributed by atoms with Crippen LogP contribution in [0.25, 0.3) is 0 Å². The van der Waals surface area contributed by atoms with Crippen LogP contribution in [0.5, 0.6) is 11.5 Å². The van der Waals surface area contributed by atoms with E-state index in [1.165, 1.54) is 38.5 Å². The summed E-state index contributed by atoms with van der Waals surface area (Å²) in [5.41, 5.74) is 6.32. The van der Waals surface area contributed by atoms with E-state index in [0.717, 1.165) is 0 Å². The van der Waals surface area contributed by atoms with E-state index < -0.39 is 10.0 Å². The maximum absolute atomic E-state index is 12.3. The lowest BCUT2D eigenvalue weighted by atomic mass is 10.2. The van der Waals surface area contributed by atoms with Crippen molar-refractivity contribution >= 4 is 21.4 Å². The molecule has 6 nitrogen and oxygen atoms in total. The second kappa shape index (κ2) is 5.92. The number of nitrogen functional groups attached to an aromatic ring is 1. The van der Waals surface area contributed by atoms with Gasteiger partial charge in [-0.05, 0) is 12.1 Å². The number of rotatable bonds is 5. The first-order chi connectivity index (χ1) is 9.97. The van der Waals surface area contributed by atoms with Crippen LogP contribution in [0.4, 0.5) is 11.4 Å². The van der Waals surface area contributed by atoms with Gasteiger partial charge in [-0.15, -0.1) is 0 Å². The summed E-state index contributed by atoms with van der Waals surface area (Å²) in [5.74, 6) is 0.815. The van der Waals surface area contributed by atoms with Gasteiger partial charge in [0.25, 0.3) is 10.0 Å². The van der Waals surface area contributed by atoms with E-state index in [4.69, 9.17) is 15.2 Å². The minimum Gasteiger partial charge on any atom is -0.493 e. The van der Waals surface area contributed by atoms with Crippen LogP contribution in [0.15, 0.2) is 47.4 Å². The zero-order chi connectivity index (χ0) is 15.5. The molecule has 112 valence electrons. The Morgan fingerprint density at radius 3 is 2.14 bits per heavy atom. The van der Waals surface area contributed by atoms with Crippen molar-refractivity contribution in [1.82, 2.24) is 0 Å². The van der Waals surface area contributed by atoms with Crippen molar-refractivity contribution in [2.24, 2.45) is 0 Å². The van der Waals surface area contributed by atoms with Gasteiger partial charge in [0.2, 0.25) is 0 Å². The molecule has 0 amide bonds. The molecule has 0 spiro atoms. The molecule has 0 fully saturated rings. The molecule has 0 saturated heterocycles. The van der Waals surface area contributed by atoms with Crippen molar-refractivity contribution in [3.05, 3.63) is 42.5 Å². The Kier molecular flexibility index (Phi) is 4.23. The maximum Gasteiger partial charge on any atom is 0.261 e. The Morgan fingerprint density at radius 2 is 1.57 bits per heavy atom. The lowest BCUT2D eigenvalue weighted by Crippen LogP contribution is -2.14. The second-order valence-electron chi connectivity index (χ2n) is 4.21. The Hall–Kier alpha value is -2.41. The zero-order valence-electron chi connectivity index (χ0n) is 11.7. The average molecular weight is 308 g/mol. The molecule has 0 aliphatic rings. The van der Waals surface area contributed by atoms with E-state index in [0.29, 0.717) is 11.5 Å². The van der Waals surface area contributed by atoms with Gasteiger partial charge in [-0.1, -0.05) is 18.2 Å². The molecule has 0 aromatic heterocycles. The highest BCUT2D eigenvalue weighted by Gasteiger charge is 2.17. The molecule has 0 radical (unpaired) electrons. The molecule has 2 aromatic carbocycles. The third-order valence-corrected chi connectivity index (χ3v) is 4.23. The number of sulfonamides is 1. The van der Waals surface area contributed by atoms with E-state index in [1.54, 1.807) is 18.2 Å². The van der Waals surface area contributed by atoms with Crippen molar-refractivity contribution in [2.45, 2.75) is 4.90 Å². The Balaban J connectivity index is 2.40. The summed E-state index contributed by atoms with van der Waals surface area (Å²) in [7, 11) is -0.768. The summed E-state index contributed by atoms with van der Waals surface area (Å²) in [6.07, 6.45) is 0. The molecular formula is C14H16N2O4S. The molecule has 0 aliphatic heterocycles. The molecule has 0 heterocycles. The fourth-order valence-corrected chi connectivity index (χ4v) is 2.89. The zero-order valence-corrected chi connectivity index (χ0v) is 12.5. The van der Waals surface area contributed by atoms with Crippen LogP contribution >= 0.6 is 0 Å². The van der Waals surface area contributed by atoms with E-state index >= 15 is 0 Å². The number of nitrogens with two attached hydrogens (primary N) is 1. The van der Waals surface area contributed by atoms with Crippen molar-refractivity contribution in [3.8, 4) is 11.5 Å². The monoisotopic (exact) mass is 308 g/mol. The van der Waals surface area contributed by atoms with Gasteiger partial charge in [0.15, 0.2) is 11.5 Å². The number of hydrogen-bond acceptors (Lipinski definition) is 5. The highest BCUT2D eigenvalue weighted by Crippen LogP contribution is 2.35. The van der Waals surface area contributed by atoms with Crippen LogP contribution in [0.2, 0.25) is 0 Å². The quantitative estimate of drug-likeness (QED) is 0.825. The molecule has 21 heavy (non-hydrogen) atoms. The van der Waals surface area contributed by atoms with E-state index in [2.05, 4.69) is 4.72 Å². The van der Waals surface area contributed by atoms with Crippen LogP contribution in [-0.2, 0) is 10.0 Å². The predicted octanol–water partition coefficient (Wildman–Crippen LogP) is 2.09. The van der Waals surface area contributed by atoms with Gasteiger partial charge < -0.3 is 15.2 Å². The van der Waals surface area contributed by atoms with Crippen LogP contribution in [0.3, 0.4) is 0 Å². The third-order valence-electron chi connectivity index (χ3n) is 2.85. The number of nitrogens with one attached hydrogen (secondary N) is 1. The molecule has 0 unspecified atom stereocenters. The third kappa shape index (κ3) is 3.19. The van der Waals surface area contributed by atoms with Gasteiger partial charge in [-0.3, -0.25) is 4.72 Å². The van der Waals surface area contributed by atoms with E-state index in [9.17, 15) is 8.42 Å². The number of anilines is 2. The maximum atomic E-state index is 12.3. The average Bonchev–Trinajstić information content (AvgIpc) is 2.49. The Bertz CT molecular complexity index is 730. The van der Waals surface area contributed by atoms with Crippen molar-refractivity contribution in [2.75, 3.05) is 24.7 Å². The molecule has 2 rings (SSSR count). The predicted molar refractivity (Wildman–Crippen MR) is 81.2 cm³/mol.